The topological polar surface area (TPSA) is 69.6 Å². The van der Waals surface area contributed by atoms with Crippen molar-refractivity contribution in [1.29, 1.82) is 0 Å². The second kappa shape index (κ2) is 3.73. The molecular formula is C8H9NO3. The van der Waals surface area contributed by atoms with Gasteiger partial charge in [-0.05, 0) is 17.7 Å². The molecule has 12 heavy (non-hydrogen) atoms. The molecule has 0 aliphatic heterocycles. The standard InChI is InChI=1S/C8H9NO3/c10-5-6-2-1-3-7(4-6)9-8(11)12/h1-4,9-10H,5H2,(H,11,12). The fraction of sp³-hybridized carbons (Fsp3) is 0.125. The number of hydrogen-bond acceptors (Lipinski definition) is 2. The highest BCUT2D eigenvalue weighted by Gasteiger charge is 1.97. The molecule has 0 atom stereocenters. The van der Waals surface area contributed by atoms with Crippen LogP contribution in [0.5, 0.6) is 0 Å². The maximum atomic E-state index is 10.2. The Morgan fingerprint density at radius 3 is 2.83 bits per heavy atom. The first-order valence-electron chi connectivity index (χ1n) is 3.42. The molecule has 0 saturated heterocycles. The lowest BCUT2D eigenvalue weighted by Gasteiger charge is -2.01. The van der Waals surface area contributed by atoms with Crippen LogP contribution in [-0.2, 0) is 6.61 Å². The smallest absolute Gasteiger partial charge is 0.409 e. The summed E-state index contributed by atoms with van der Waals surface area (Å²) >= 11 is 0. The molecule has 0 saturated carbocycles. The van der Waals surface area contributed by atoms with E-state index in [4.69, 9.17) is 10.2 Å². The summed E-state index contributed by atoms with van der Waals surface area (Å²) in [6.07, 6.45) is -1.11. The molecule has 3 N–H and O–H groups in total. The summed E-state index contributed by atoms with van der Waals surface area (Å²) < 4.78 is 0. The van der Waals surface area contributed by atoms with E-state index in [9.17, 15) is 4.79 Å². The maximum Gasteiger partial charge on any atom is 0.409 e. The maximum absolute atomic E-state index is 10.2. The van der Waals surface area contributed by atoms with Gasteiger partial charge in [0, 0.05) is 5.69 Å². The molecule has 0 bridgehead atoms. The highest BCUT2D eigenvalue weighted by atomic mass is 16.4. The van der Waals surface area contributed by atoms with Crippen molar-refractivity contribution in [2.24, 2.45) is 0 Å². The van der Waals surface area contributed by atoms with Gasteiger partial charge in [-0.25, -0.2) is 4.79 Å². The second-order valence-corrected chi connectivity index (χ2v) is 2.29. The highest BCUT2D eigenvalue weighted by Crippen LogP contribution is 2.09. The summed E-state index contributed by atoms with van der Waals surface area (Å²) in [5, 5.41) is 19.3. The molecule has 4 heteroatoms. The molecule has 1 amide bonds. The first kappa shape index (κ1) is 8.55. The van der Waals surface area contributed by atoms with E-state index < -0.39 is 6.09 Å². The van der Waals surface area contributed by atoms with Crippen molar-refractivity contribution in [3.8, 4) is 0 Å². The third-order valence-electron chi connectivity index (χ3n) is 1.36. The Hall–Kier alpha value is -1.55. The lowest BCUT2D eigenvalue weighted by Crippen LogP contribution is -2.07. The molecule has 0 unspecified atom stereocenters. The summed E-state index contributed by atoms with van der Waals surface area (Å²) in [5.74, 6) is 0. The molecule has 1 aromatic rings. The van der Waals surface area contributed by atoms with Gasteiger partial charge in [-0.15, -0.1) is 0 Å². The minimum Gasteiger partial charge on any atom is -0.465 e. The Morgan fingerprint density at radius 1 is 1.50 bits per heavy atom. The van der Waals surface area contributed by atoms with Crippen molar-refractivity contribution in [3.05, 3.63) is 29.8 Å². The number of nitrogens with one attached hydrogen (secondary N) is 1. The van der Waals surface area contributed by atoms with Crippen molar-refractivity contribution < 1.29 is 15.0 Å². The molecule has 0 radical (unpaired) electrons. The fourth-order valence-electron chi connectivity index (χ4n) is 0.871. The molecule has 1 aromatic carbocycles. The number of amides is 1. The van der Waals surface area contributed by atoms with Gasteiger partial charge in [0.25, 0.3) is 0 Å². The van der Waals surface area contributed by atoms with Crippen LogP contribution in [0.25, 0.3) is 0 Å². The number of anilines is 1. The first-order chi connectivity index (χ1) is 5.72. The van der Waals surface area contributed by atoms with E-state index in [-0.39, 0.29) is 6.61 Å². The van der Waals surface area contributed by atoms with Gasteiger partial charge in [-0.3, -0.25) is 5.32 Å². The summed E-state index contributed by atoms with van der Waals surface area (Å²) in [5.41, 5.74) is 1.15. The van der Waals surface area contributed by atoms with Crippen LogP contribution in [0.2, 0.25) is 0 Å². The van der Waals surface area contributed by atoms with Gasteiger partial charge in [0.1, 0.15) is 0 Å². The molecule has 0 fully saturated rings. The van der Waals surface area contributed by atoms with E-state index >= 15 is 0 Å². The predicted molar refractivity (Wildman–Crippen MR) is 44.0 cm³/mol. The Bertz CT molecular complexity index is 285. The molecular weight excluding hydrogens is 158 g/mol. The Morgan fingerprint density at radius 2 is 2.25 bits per heavy atom. The van der Waals surface area contributed by atoms with Crippen molar-refractivity contribution in [1.82, 2.24) is 0 Å². The molecule has 0 aliphatic carbocycles. The number of benzene rings is 1. The zero-order chi connectivity index (χ0) is 8.97. The van der Waals surface area contributed by atoms with Crippen LogP contribution in [0.15, 0.2) is 24.3 Å². The van der Waals surface area contributed by atoms with Gasteiger partial charge in [0.05, 0.1) is 6.61 Å². The van der Waals surface area contributed by atoms with Crippen LogP contribution in [0.1, 0.15) is 5.56 Å². The third-order valence-corrected chi connectivity index (χ3v) is 1.36. The summed E-state index contributed by atoms with van der Waals surface area (Å²) in [6, 6.07) is 6.59. The number of carbonyl (C=O) groups is 1. The molecule has 4 nitrogen and oxygen atoms in total. The van der Waals surface area contributed by atoms with E-state index in [0.717, 1.165) is 0 Å². The fourth-order valence-corrected chi connectivity index (χ4v) is 0.871. The minimum absolute atomic E-state index is 0.0882. The normalized spacial score (nSPS) is 9.42. The van der Waals surface area contributed by atoms with Gasteiger partial charge in [-0.2, -0.15) is 0 Å². The quantitative estimate of drug-likeness (QED) is 0.621. The number of carboxylic acid groups (broad SMARTS) is 1. The van der Waals surface area contributed by atoms with E-state index in [1.165, 1.54) is 0 Å². The molecule has 64 valence electrons. The first-order valence-corrected chi connectivity index (χ1v) is 3.42. The molecule has 0 heterocycles. The minimum atomic E-state index is -1.11. The van der Waals surface area contributed by atoms with Crippen LogP contribution < -0.4 is 5.32 Å². The van der Waals surface area contributed by atoms with Crippen molar-refractivity contribution >= 4 is 11.8 Å². The van der Waals surface area contributed by atoms with Crippen LogP contribution in [0.4, 0.5) is 10.5 Å². The molecule has 1 rings (SSSR count). The van der Waals surface area contributed by atoms with Gasteiger partial charge < -0.3 is 10.2 Å². The summed E-state index contributed by atoms with van der Waals surface area (Å²) in [7, 11) is 0. The average Bonchev–Trinajstić information content (AvgIpc) is 2.03. The Balaban J connectivity index is 2.79. The van der Waals surface area contributed by atoms with Crippen LogP contribution >= 0.6 is 0 Å². The lowest BCUT2D eigenvalue weighted by molar-refractivity contribution is 0.209. The average molecular weight is 167 g/mol. The number of hydrogen-bond donors (Lipinski definition) is 3. The largest absolute Gasteiger partial charge is 0.465 e. The van der Waals surface area contributed by atoms with Crippen LogP contribution in [0.3, 0.4) is 0 Å². The Kier molecular flexibility index (Phi) is 2.66. The van der Waals surface area contributed by atoms with Crippen LogP contribution in [0, 0.1) is 0 Å². The van der Waals surface area contributed by atoms with Crippen molar-refractivity contribution in [2.45, 2.75) is 6.61 Å². The van der Waals surface area contributed by atoms with E-state index in [1.54, 1.807) is 24.3 Å². The van der Waals surface area contributed by atoms with E-state index in [1.807, 2.05) is 0 Å². The number of aliphatic hydroxyl groups excluding tert-OH is 1. The second-order valence-electron chi connectivity index (χ2n) is 2.29. The van der Waals surface area contributed by atoms with Gasteiger partial charge in [0.2, 0.25) is 0 Å². The van der Waals surface area contributed by atoms with Crippen molar-refractivity contribution in [2.75, 3.05) is 5.32 Å². The SMILES string of the molecule is O=C(O)Nc1cccc(CO)c1. The third kappa shape index (κ3) is 2.25. The molecule has 0 spiro atoms. The number of aliphatic hydroxyl groups is 1. The van der Waals surface area contributed by atoms with E-state index in [2.05, 4.69) is 5.32 Å². The van der Waals surface area contributed by atoms with Crippen molar-refractivity contribution in [3.63, 3.8) is 0 Å². The Labute approximate surface area is 69.5 Å². The van der Waals surface area contributed by atoms with E-state index in [0.29, 0.717) is 11.3 Å². The summed E-state index contributed by atoms with van der Waals surface area (Å²) in [4.78, 5) is 10.2. The van der Waals surface area contributed by atoms with Gasteiger partial charge in [-0.1, -0.05) is 12.1 Å². The monoisotopic (exact) mass is 167 g/mol. The molecule has 0 aliphatic rings. The summed E-state index contributed by atoms with van der Waals surface area (Å²) in [6.45, 7) is -0.0882. The predicted octanol–water partition coefficient (Wildman–Crippen LogP) is 1.27. The van der Waals surface area contributed by atoms with Gasteiger partial charge in [0.15, 0.2) is 0 Å². The zero-order valence-electron chi connectivity index (χ0n) is 6.32. The van der Waals surface area contributed by atoms with Crippen LogP contribution in [-0.4, -0.2) is 16.3 Å². The van der Waals surface area contributed by atoms with Gasteiger partial charge >= 0.3 is 6.09 Å². The number of rotatable bonds is 2. The molecule has 0 aromatic heterocycles. The highest BCUT2D eigenvalue weighted by molar-refractivity contribution is 5.82. The lowest BCUT2D eigenvalue weighted by atomic mass is 10.2. The zero-order valence-corrected chi connectivity index (χ0v) is 6.32.